The number of hydrogen-bond acceptors (Lipinski definition) is 5. The minimum atomic E-state index is -0.705. The number of likely N-dealkylation sites (N-methyl/N-ethyl adjacent to an activating group) is 1. The SMILES string of the molecule is CN(C(=O)[C@@H](CCc1ccccc1)NC(=O)[C@@H](N)CCCN)c1cnc2ccccc2c1. The van der Waals surface area contributed by atoms with E-state index in [0.717, 1.165) is 16.5 Å². The van der Waals surface area contributed by atoms with E-state index in [1.807, 2.05) is 60.7 Å². The Morgan fingerprint density at radius 1 is 1.06 bits per heavy atom. The fourth-order valence-corrected chi connectivity index (χ4v) is 3.56. The first-order valence-electron chi connectivity index (χ1n) is 10.9. The van der Waals surface area contributed by atoms with Crippen LogP contribution in [0.5, 0.6) is 0 Å². The molecule has 0 spiro atoms. The highest BCUT2D eigenvalue weighted by molar-refractivity contribution is 6.00. The van der Waals surface area contributed by atoms with E-state index in [1.54, 1.807) is 18.1 Å². The molecule has 32 heavy (non-hydrogen) atoms. The second-order valence-electron chi connectivity index (χ2n) is 7.91. The maximum Gasteiger partial charge on any atom is 0.249 e. The number of carbonyl (C=O) groups is 2. The van der Waals surface area contributed by atoms with Gasteiger partial charge in [0.25, 0.3) is 0 Å². The van der Waals surface area contributed by atoms with Crippen LogP contribution in [0, 0.1) is 0 Å². The van der Waals surface area contributed by atoms with Crippen LogP contribution in [0.3, 0.4) is 0 Å². The monoisotopic (exact) mass is 433 g/mol. The van der Waals surface area contributed by atoms with Crippen LogP contribution in [0.1, 0.15) is 24.8 Å². The largest absolute Gasteiger partial charge is 0.343 e. The van der Waals surface area contributed by atoms with Crippen molar-refractivity contribution < 1.29 is 9.59 Å². The van der Waals surface area contributed by atoms with Gasteiger partial charge in [-0.15, -0.1) is 0 Å². The van der Waals surface area contributed by atoms with Crippen molar-refractivity contribution in [3.8, 4) is 0 Å². The van der Waals surface area contributed by atoms with Crippen molar-refractivity contribution in [2.24, 2.45) is 11.5 Å². The van der Waals surface area contributed by atoms with Gasteiger partial charge in [0.2, 0.25) is 11.8 Å². The molecule has 0 saturated carbocycles. The Balaban J connectivity index is 1.77. The molecule has 0 unspecified atom stereocenters. The molecule has 0 bridgehead atoms. The van der Waals surface area contributed by atoms with Crippen molar-refractivity contribution in [2.75, 3.05) is 18.5 Å². The van der Waals surface area contributed by atoms with Crippen LogP contribution >= 0.6 is 0 Å². The highest BCUT2D eigenvalue weighted by Crippen LogP contribution is 2.20. The zero-order chi connectivity index (χ0) is 22.9. The Hall–Kier alpha value is -3.29. The van der Waals surface area contributed by atoms with Gasteiger partial charge >= 0.3 is 0 Å². The fourth-order valence-electron chi connectivity index (χ4n) is 3.56. The lowest BCUT2D eigenvalue weighted by atomic mass is 10.0. The van der Waals surface area contributed by atoms with Gasteiger partial charge in [-0.2, -0.15) is 0 Å². The van der Waals surface area contributed by atoms with Crippen LogP contribution in [0.25, 0.3) is 10.9 Å². The predicted octanol–water partition coefficient (Wildman–Crippen LogP) is 2.38. The number of fused-ring (bicyclic) bond motifs is 1. The normalized spacial score (nSPS) is 12.8. The lowest BCUT2D eigenvalue weighted by Crippen LogP contribution is -2.52. The van der Waals surface area contributed by atoms with Crippen molar-refractivity contribution in [3.05, 3.63) is 72.4 Å². The van der Waals surface area contributed by atoms with Gasteiger partial charge < -0.3 is 21.7 Å². The third kappa shape index (κ3) is 6.12. The minimum Gasteiger partial charge on any atom is -0.343 e. The highest BCUT2D eigenvalue weighted by atomic mass is 16.2. The molecule has 1 aromatic heterocycles. The number of para-hydroxylation sites is 1. The molecule has 2 atom stereocenters. The van der Waals surface area contributed by atoms with E-state index in [-0.39, 0.29) is 11.8 Å². The molecule has 7 nitrogen and oxygen atoms in total. The van der Waals surface area contributed by atoms with Gasteiger partial charge in [-0.25, -0.2) is 0 Å². The lowest BCUT2D eigenvalue weighted by Gasteiger charge is -2.26. The summed E-state index contributed by atoms with van der Waals surface area (Å²) in [7, 11) is 1.70. The van der Waals surface area contributed by atoms with E-state index in [4.69, 9.17) is 11.5 Å². The average Bonchev–Trinajstić information content (AvgIpc) is 2.84. The van der Waals surface area contributed by atoms with Crippen LogP contribution in [-0.4, -0.2) is 42.5 Å². The number of carbonyl (C=O) groups excluding carboxylic acids is 2. The second-order valence-corrected chi connectivity index (χ2v) is 7.91. The molecule has 1 heterocycles. The molecule has 0 aliphatic carbocycles. The maximum absolute atomic E-state index is 13.4. The fraction of sp³-hybridized carbons (Fsp3) is 0.320. The first-order chi connectivity index (χ1) is 15.5. The molecule has 7 heteroatoms. The number of benzene rings is 2. The second kappa shape index (κ2) is 11.4. The Labute approximate surface area is 188 Å². The smallest absolute Gasteiger partial charge is 0.249 e. The Bertz CT molecular complexity index is 1040. The zero-order valence-corrected chi connectivity index (χ0v) is 18.4. The maximum atomic E-state index is 13.4. The van der Waals surface area contributed by atoms with E-state index in [2.05, 4.69) is 10.3 Å². The minimum absolute atomic E-state index is 0.211. The Morgan fingerprint density at radius 2 is 1.78 bits per heavy atom. The highest BCUT2D eigenvalue weighted by Gasteiger charge is 2.27. The summed E-state index contributed by atoms with van der Waals surface area (Å²) < 4.78 is 0. The quantitative estimate of drug-likeness (QED) is 0.454. The van der Waals surface area contributed by atoms with E-state index in [0.29, 0.717) is 37.9 Å². The van der Waals surface area contributed by atoms with Crippen LogP contribution in [0.4, 0.5) is 5.69 Å². The first-order valence-corrected chi connectivity index (χ1v) is 10.9. The van der Waals surface area contributed by atoms with Gasteiger partial charge in [0, 0.05) is 12.4 Å². The van der Waals surface area contributed by atoms with Crippen molar-refractivity contribution in [1.29, 1.82) is 0 Å². The summed E-state index contributed by atoms with van der Waals surface area (Å²) in [5.41, 5.74) is 14.2. The third-order valence-electron chi connectivity index (χ3n) is 5.53. The Morgan fingerprint density at radius 3 is 2.53 bits per heavy atom. The standard InChI is InChI=1S/C25H31N5O2/c1-30(20-16-19-10-5-6-12-22(19)28-17-20)25(32)23(14-13-18-8-3-2-4-9-18)29-24(31)21(27)11-7-15-26/h2-6,8-10,12,16-17,21,23H,7,11,13-15,26-27H2,1H3,(H,29,31)/t21-,23+/m0/s1. The topological polar surface area (TPSA) is 114 Å². The van der Waals surface area contributed by atoms with Gasteiger partial charge in [0.15, 0.2) is 0 Å². The number of hydrogen-bond donors (Lipinski definition) is 3. The number of aromatic nitrogens is 1. The first kappa shape index (κ1) is 23.4. The van der Waals surface area contributed by atoms with Crippen molar-refractivity contribution in [3.63, 3.8) is 0 Å². The van der Waals surface area contributed by atoms with Gasteiger partial charge in [-0.05, 0) is 49.9 Å². The van der Waals surface area contributed by atoms with E-state index in [9.17, 15) is 9.59 Å². The van der Waals surface area contributed by atoms with E-state index in [1.165, 1.54) is 0 Å². The molecule has 0 saturated heterocycles. The molecule has 2 aromatic carbocycles. The van der Waals surface area contributed by atoms with E-state index >= 15 is 0 Å². The number of rotatable bonds is 10. The number of nitrogens with one attached hydrogen (secondary N) is 1. The van der Waals surface area contributed by atoms with Gasteiger partial charge in [-0.1, -0.05) is 48.5 Å². The number of nitrogens with zero attached hydrogens (tertiary/aromatic N) is 2. The molecule has 168 valence electrons. The summed E-state index contributed by atoms with van der Waals surface area (Å²) in [6.45, 7) is 0.467. The number of pyridine rings is 1. The molecule has 0 fully saturated rings. The molecule has 3 rings (SSSR count). The molecule has 0 radical (unpaired) electrons. The number of amides is 2. The lowest BCUT2D eigenvalue weighted by molar-refractivity contribution is -0.128. The van der Waals surface area contributed by atoms with Crippen molar-refractivity contribution in [1.82, 2.24) is 10.3 Å². The molecule has 2 amide bonds. The summed E-state index contributed by atoms with van der Waals surface area (Å²) in [5.74, 6) is -0.549. The van der Waals surface area contributed by atoms with Crippen LogP contribution in [0.15, 0.2) is 66.9 Å². The van der Waals surface area contributed by atoms with Gasteiger partial charge in [-0.3, -0.25) is 14.6 Å². The van der Waals surface area contributed by atoms with Gasteiger partial charge in [0.1, 0.15) is 6.04 Å². The average molecular weight is 434 g/mol. The molecule has 5 N–H and O–H groups in total. The van der Waals surface area contributed by atoms with Crippen LogP contribution in [0.2, 0.25) is 0 Å². The molecule has 0 aliphatic rings. The number of aryl methyl sites for hydroxylation is 1. The zero-order valence-electron chi connectivity index (χ0n) is 18.4. The number of anilines is 1. The summed E-state index contributed by atoms with van der Waals surface area (Å²) >= 11 is 0. The molecule has 0 aliphatic heterocycles. The third-order valence-corrected chi connectivity index (χ3v) is 5.53. The van der Waals surface area contributed by atoms with Crippen molar-refractivity contribution in [2.45, 2.75) is 37.8 Å². The molecular weight excluding hydrogens is 402 g/mol. The predicted molar refractivity (Wildman–Crippen MR) is 128 cm³/mol. The molecular formula is C25H31N5O2. The van der Waals surface area contributed by atoms with Gasteiger partial charge in [0.05, 0.1) is 23.4 Å². The summed E-state index contributed by atoms with van der Waals surface area (Å²) in [6, 6.07) is 18.1. The molecule has 3 aromatic rings. The summed E-state index contributed by atoms with van der Waals surface area (Å²) in [6.07, 6.45) is 3.92. The van der Waals surface area contributed by atoms with Crippen LogP contribution in [-0.2, 0) is 16.0 Å². The Kier molecular flexibility index (Phi) is 8.30. The van der Waals surface area contributed by atoms with Crippen LogP contribution < -0.4 is 21.7 Å². The van der Waals surface area contributed by atoms with Crippen molar-refractivity contribution >= 4 is 28.4 Å². The summed E-state index contributed by atoms with van der Waals surface area (Å²) in [5, 5.41) is 3.81. The van der Waals surface area contributed by atoms with E-state index < -0.39 is 12.1 Å². The number of nitrogens with two attached hydrogens (primary N) is 2. The summed E-state index contributed by atoms with van der Waals surface area (Å²) in [4.78, 5) is 32.0.